The van der Waals surface area contributed by atoms with E-state index in [0.29, 0.717) is 11.6 Å². The van der Waals surface area contributed by atoms with Gasteiger partial charge in [0.05, 0.1) is 5.56 Å². The third-order valence-corrected chi connectivity index (χ3v) is 2.92. The Hall–Kier alpha value is -1.60. The Bertz CT molecular complexity index is 422. The lowest BCUT2D eigenvalue weighted by Crippen LogP contribution is -2.49. The Morgan fingerprint density at radius 1 is 1.62 bits per heavy atom. The summed E-state index contributed by atoms with van der Waals surface area (Å²) in [5.41, 5.74) is 1.70. The van der Waals surface area contributed by atoms with Crippen molar-refractivity contribution in [1.82, 2.24) is 10.3 Å². The topological polar surface area (TPSA) is 52.0 Å². The predicted molar refractivity (Wildman–Crippen MR) is 63.4 cm³/mol. The Kier molecular flexibility index (Phi) is 3.07. The molecule has 4 heteroatoms. The molecule has 1 saturated heterocycles. The van der Waals surface area contributed by atoms with E-state index in [0.717, 1.165) is 31.0 Å². The third-order valence-electron chi connectivity index (χ3n) is 2.92. The fraction of sp³-hybridized carbons (Fsp3) is 0.500. The maximum absolute atomic E-state index is 9.16. The lowest BCUT2D eigenvalue weighted by molar-refractivity contribution is 0.482. The highest BCUT2D eigenvalue weighted by Crippen LogP contribution is 2.20. The number of nitriles is 1. The molecule has 1 aromatic heterocycles. The van der Waals surface area contributed by atoms with E-state index in [-0.39, 0.29) is 0 Å². The molecule has 1 aliphatic heterocycles. The Labute approximate surface area is 95.9 Å². The third kappa shape index (κ3) is 2.00. The maximum Gasteiger partial charge on any atom is 0.146 e. The van der Waals surface area contributed by atoms with Crippen molar-refractivity contribution in [3.05, 3.63) is 23.4 Å². The standard InChI is InChI=1S/C12H16N4/c1-9-3-4-15-12(11(9)7-13)16-6-5-14-10(2)8-16/h3-4,10,14H,5-6,8H2,1-2H3/t10-/m0/s1. The van der Waals surface area contributed by atoms with Crippen LogP contribution in [-0.2, 0) is 0 Å². The molecule has 1 fully saturated rings. The number of rotatable bonds is 1. The summed E-state index contributed by atoms with van der Waals surface area (Å²) in [7, 11) is 0. The van der Waals surface area contributed by atoms with Gasteiger partial charge in [-0.3, -0.25) is 0 Å². The molecule has 1 aromatic rings. The number of hydrogen-bond acceptors (Lipinski definition) is 4. The van der Waals surface area contributed by atoms with Crippen LogP contribution in [0.3, 0.4) is 0 Å². The van der Waals surface area contributed by atoms with Gasteiger partial charge in [-0.05, 0) is 25.5 Å². The van der Waals surface area contributed by atoms with Crippen molar-refractivity contribution in [2.24, 2.45) is 0 Å². The lowest BCUT2D eigenvalue weighted by Gasteiger charge is -2.33. The van der Waals surface area contributed by atoms with Crippen molar-refractivity contribution in [2.75, 3.05) is 24.5 Å². The van der Waals surface area contributed by atoms with E-state index in [1.165, 1.54) is 0 Å². The smallest absolute Gasteiger partial charge is 0.146 e. The van der Waals surface area contributed by atoms with E-state index in [9.17, 15) is 0 Å². The van der Waals surface area contributed by atoms with Gasteiger partial charge < -0.3 is 10.2 Å². The van der Waals surface area contributed by atoms with Gasteiger partial charge >= 0.3 is 0 Å². The molecule has 84 valence electrons. The first kappa shape index (κ1) is 10.9. The fourth-order valence-electron chi connectivity index (χ4n) is 2.05. The number of hydrogen-bond donors (Lipinski definition) is 1. The van der Waals surface area contributed by atoms with Gasteiger partial charge in [0.2, 0.25) is 0 Å². The number of aromatic nitrogens is 1. The predicted octanol–water partition coefficient (Wildman–Crippen LogP) is 1.06. The normalized spacial score (nSPS) is 20.6. The van der Waals surface area contributed by atoms with E-state index in [4.69, 9.17) is 5.26 Å². The highest BCUT2D eigenvalue weighted by atomic mass is 15.2. The summed E-state index contributed by atoms with van der Waals surface area (Å²) in [6.07, 6.45) is 1.78. The molecule has 0 unspecified atom stereocenters. The Morgan fingerprint density at radius 3 is 3.12 bits per heavy atom. The average molecular weight is 216 g/mol. The van der Waals surface area contributed by atoms with Crippen LogP contribution in [0.15, 0.2) is 12.3 Å². The summed E-state index contributed by atoms with van der Waals surface area (Å²) in [5, 5.41) is 12.5. The second-order valence-electron chi connectivity index (χ2n) is 4.24. The van der Waals surface area contributed by atoms with E-state index in [1.54, 1.807) is 6.20 Å². The van der Waals surface area contributed by atoms with Crippen LogP contribution < -0.4 is 10.2 Å². The van der Waals surface area contributed by atoms with E-state index in [1.807, 2.05) is 13.0 Å². The van der Waals surface area contributed by atoms with Crippen molar-refractivity contribution in [2.45, 2.75) is 19.9 Å². The number of aryl methyl sites for hydroxylation is 1. The Morgan fingerprint density at radius 2 is 2.44 bits per heavy atom. The van der Waals surface area contributed by atoms with Gasteiger partial charge in [-0.2, -0.15) is 5.26 Å². The molecular formula is C12H16N4. The lowest BCUT2D eigenvalue weighted by atomic mass is 10.1. The monoisotopic (exact) mass is 216 g/mol. The second-order valence-corrected chi connectivity index (χ2v) is 4.24. The van der Waals surface area contributed by atoms with Crippen LogP contribution in [0, 0.1) is 18.3 Å². The summed E-state index contributed by atoms with van der Waals surface area (Å²) >= 11 is 0. The molecule has 0 aromatic carbocycles. The SMILES string of the molecule is Cc1ccnc(N2CCN[C@@H](C)C2)c1C#N. The van der Waals surface area contributed by atoms with Gasteiger partial charge in [-0.15, -0.1) is 0 Å². The van der Waals surface area contributed by atoms with Crippen molar-refractivity contribution in [3.63, 3.8) is 0 Å². The quantitative estimate of drug-likeness (QED) is 0.762. The first-order valence-corrected chi connectivity index (χ1v) is 5.56. The molecule has 0 aliphatic carbocycles. The van der Waals surface area contributed by atoms with Gasteiger partial charge in [0.15, 0.2) is 0 Å². The van der Waals surface area contributed by atoms with Crippen LogP contribution in [0.1, 0.15) is 18.1 Å². The maximum atomic E-state index is 9.16. The van der Waals surface area contributed by atoms with Crippen LogP contribution in [-0.4, -0.2) is 30.7 Å². The molecule has 1 N–H and O–H groups in total. The van der Waals surface area contributed by atoms with Gasteiger partial charge in [0, 0.05) is 31.9 Å². The van der Waals surface area contributed by atoms with Gasteiger partial charge in [-0.25, -0.2) is 4.98 Å². The number of nitrogens with zero attached hydrogens (tertiary/aromatic N) is 3. The van der Waals surface area contributed by atoms with Crippen LogP contribution in [0.2, 0.25) is 0 Å². The molecule has 4 nitrogen and oxygen atoms in total. The zero-order valence-electron chi connectivity index (χ0n) is 9.70. The molecule has 0 spiro atoms. The summed E-state index contributed by atoms with van der Waals surface area (Å²) in [6.45, 7) is 6.87. The number of pyridine rings is 1. The molecule has 0 amide bonds. The fourth-order valence-corrected chi connectivity index (χ4v) is 2.05. The molecule has 0 radical (unpaired) electrons. The van der Waals surface area contributed by atoms with Crippen molar-refractivity contribution >= 4 is 5.82 Å². The Balaban J connectivity index is 2.33. The van der Waals surface area contributed by atoms with E-state index < -0.39 is 0 Å². The number of anilines is 1. The first-order valence-electron chi connectivity index (χ1n) is 5.56. The van der Waals surface area contributed by atoms with Crippen LogP contribution in [0.5, 0.6) is 0 Å². The van der Waals surface area contributed by atoms with Gasteiger partial charge in [0.1, 0.15) is 11.9 Å². The van der Waals surface area contributed by atoms with Gasteiger partial charge in [0.25, 0.3) is 0 Å². The summed E-state index contributed by atoms with van der Waals surface area (Å²) in [4.78, 5) is 6.53. The van der Waals surface area contributed by atoms with Crippen LogP contribution in [0.4, 0.5) is 5.82 Å². The highest BCUT2D eigenvalue weighted by Gasteiger charge is 2.20. The van der Waals surface area contributed by atoms with Crippen molar-refractivity contribution in [3.8, 4) is 6.07 Å². The van der Waals surface area contributed by atoms with Crippen molar-refractivity contribution < 1.29 is 0 Å². The summed E-state index contributed by atoms with van der Waals surface area (Å²) in [6, 6.07) is 4.58. The average Bonchev–Trinajstić information content (AvgIpc) is 2.28. The van der Waals surface area contributed by atoms with Crippen LogP contribution >= 0.6 is 0 Å². The van der Waals surface area contributed by atoms with Gasteiger partial charge in [-0.1, -0.05) is 0 Å². The molecule has 1 aliphatic rings. The number of piperazine rings is 1. The molecule has 0 bridgehead atoms. The van der Waals surface area contributed by atoms with Crippen LogP contribution in [0.25, 0.3) is 0 Å². The molecule has 16 heavy (non-hydrogen) atoms. The molecule has 2 rings (SSSR count). The summed E-state index contributed by atoms with van der Waals surface area (Å²) in [5.74, 6) is 0.829. The molecule has 0 saturated carbocycles. The molecule has 2 heterocycles. The summed E-state index contributed by atoms with van der Waals surface area (Å²) < 4.78 is 0. The second kappa shape index (κ2) is 4.50. The van der Waals surface area contributed by atoms with E-state index in [2.05, 4.69) is 28.2 Å². The largest absolute Gasteiger partial charge is 0.353 e. The number of nitrogens with one attached hydrogen (secondary N) is 1. The first-order chi connectivity index (χ1) is 7.72. The minimum atomic E-state index is 0.447. The zero-order valence-corrected chi connectivity index (χ0v) is 9.70. The van der Waals surface area contributed by atoms with Crippen molar-refractivity contribution in [1.29, 1.82) is 5.26 Å². The molecule has 1 atom stereocenters. The minimum Gasteiger partial charge on any atom is -0.353 e. The minimum absolute atomic E-state index is 0.447. The van der Waals surface area contributed by atoms with E-state index >= 15 is 0 Å². The zero-order chi connectivity index (χ0) is 11.5. The highest BCUT2D eigenvalue weighted by molar-refractivity contribution is 5.57. The molecular weight excluding hydrogens is 200 g/mol.